The second-order valence-electron chi connectivity index (χ2n) is 3.88. The second kappa shape index (κ2) is 3.14. The van der Waals surface area contributed by atoms with Crippen LogP contribution in [-0.4, -0.2) is 44.0 Å². The van der Waals surface area contributed by atoms with Crippen molar-refractivity contribution in [2.75, 3.05) is 33.3 Å². The number of allylic oxidation sites excluding steroid dienone is 1. The van der Waals surface area contributed by atoms with Gasteiger partial charge in [-0.05, 0) is 6.92 Å². The Hall–Kier alpha value is -0.830. The summed E-state index contributed by atoms with van der Waals surface area (Å²) in [5.74, 6) is 1.17. The lowest BCUT2D eigenvalue weighted by Gasteiger charge is -2.38. The van der Waals surface area contributed by atoms with E-state index in [-0.39, 0.29) is 0 Å². The summed E-state index contributed by atoms with van der Waals surface area (Å²) < 4.78 is 6.64. The first-order valence-corrected chi connectivity index (χ1v) is 4.97. The van der Waals surface area contributed by atoms with Crippen molar-refractivity contribution in [1.82, 2.24) is 0 Å². The van der Waals surface area contributed by atoms with Crippen LogP contribution in [0.4, 0.5) is 0 Å². The number of rotatable bonds is 1. The summed E-state index contributed by atoms with van der Waals surface area (Å²) in [5, 5.41) is 0. The zero-order valence-electron chi connectivity index (χ0n) is 8.42. The maximum Gasteiger partial charge on any atom is 0.188 e. The number of ether oxygens (including phenoxy) is 1. The van der Waals surface area contributed by atoms with Crippen molar-refractivity contribution in [3.8, 4) is 0 Å². The molecule has 2 rings (SSSR count). The number of hydrogen-bond acceptors (Lipinski definition) is 2. The first-order chi connectivity index (χ1) is 6.26. The normalized spacial score (nSPS) is 32.8. The van der Waals surface area contributed by atoms with Crippen LogP contribution in [0.1, 0.15) is 13.3 Å². The molecule has 2 heterocycles. The number of quaternary nitrogens is 1. The van der Waals surface area contributed by atoms with Crippen LogP contribution in [0.5, 0.6) is 0 Å². The van der Waals surface area contributed by atoms with Crippen molar-refractivity contribution < 1.29 is 9.22 Å². The highest BCUT2D eigenvalue weighted by Crippen LogP contribution is 2.26. The van der Waals surface area contributed by atoms with Crippen LogP contribution in [0.2, 0.25) is 0 Å². The average molecular weight is 181 g/mol. The summed E-state index contributed by atoms with van der Waals surface area (Å²) >= 11 is 0. The van der Waals surface area contributed by atoms with E-state index in [0.29, 0.717) is 0 Å². The quantitative estimate of drug-likeness (QED) is 0.556. The molecule has 0 fully saturated rings. The van der Waals surface area contributed by atoms with Gasteiger partial charge < -0.3 is 4.74 Å². The third-order valence-corrected chi connectivity index (χ3v) is 3.11. The highest BCUT2D eigenvalue weighted by atomic mass is 16.5. The van der Waals surface area contributed by atoms with Gasteiger partial charge >= 0.3 is 0 Å². The molecule has 0 saturated heterocycles. The molecule has 1 unspecified atom stereocenters. The Balaban J connectivity index is 2.36. The van der Waals surface area contributed by atoms with Gasteiger partial charge in [-0.2, -0.15) is 0 Å². The molecule has 3 heteroatoms. The number of aliphatic imine (C=N–C) groups is 1. The van der Waals surface area contributed by atoms with Gasteiger partial charge in [0, 0.05) is 13.0 Å². The Morgan fingerprint density at radius 2 is 2.46 bits per heavy atom. The zero-order valence-corrected chi connectivity index (χ0v) is 8.42. The molecule has 72 valence electrons. The molecule has 3 nitrogen and oxygen atoms in total. The Morgan fingerprint density at radius 1 is 1.62 bits per heavy atom. The lowest BCUT2D eigenvalue weighted by molar-refractivity contribution is -0.870. The summed E-state index contributed by atoms with van der Waals surface area (Å²) in [6.45, 7) is 6.16. The lowest BCUT2D eigenvalue weighted by Crippen LogP contribution is -2.49. The predicted octanol–water partition coefficient (Wildman–Crippen LogP) is 1.17. The molecule has 2 aliphatic heterocycles. The molecule has 0 spiro atoms. The third kappa shape index (κ3) is 1.37. The molecular weight excluding hydrogens is 164 g/mol. The van der Waals surface area contributed by atoms with Gasteiger partial charge in [0.05, 0.1) is 19.8 Å². The van der Waals surface area contributed by atoms with E-state index in [9.17, 15) is 0 Å². The summed E-state index contributed by atoms with van der Waals surface area (Å²) in [6, 6.07) is 0. The Labute approximate surface area is 79.3 Å². The molecule has 0 amide bonds. The molecule has 2 aliphatic rings. The van der Waals surface area contributed by atoms with Gasteiger partial charge in [0.2, 0.25) is 0 Å². The number of likely N-dealkylation sites (N-methyl/N-ethyl adjacent to an activating group) is 1. The van der Waals surface area contributed by atoms with Gasteiger partial charge in [0.15, 0.2) is 11.5 Å². The van der Waals surface area contributed by atoms with Gasteiger partial charge in [-0.25, -0.2) is 0 Å². The molecule has 0 aliphatic carbocycles. The molecule has 0 aromatic heterocycles. The SMILES string of the molecule is CC[N+]1(C)CCOC2=C1C=NCC2. The average Bonchev–Trinajstić information content (AvgIpc) is 2.19. The fourth-order valence-corrected chi connectivity index (χ4v) is 1.92. The fraction of sp³-hybridized carbons (Fsp3) is 0.700. The van der Waals surface area contributed by atoms with E-state index in [1.54, 1.807) is 0 Å². The Kier molecular flexibility index (Phi) is 2.12. The molecular formula is C10H17N2O+. The van der Waals surface area contributed by atoms with Gasteiger partial charge in [-0.15, -0.1) is 0 Å². The van der Waals surface area contributed by atoms with Crippen molar-refractivity contribution >= 4 is 6.21 Å². The van der Waals surface area contributed by atoms with E-state index in [4.69, 9.17) is 4.74 Å². The van der Waals surface area contributed by atoms with E-state index < -0.39 is 0 Å². The van der Waals surface area contributed by atoms with Gasteiger partial charge in [0.25, 0.3) is 0 Å². The highest BCUT2D eigenvalue weighted by molar-refractivity contribution is 5.77. The topological polar surface area (TPSA) is 21.6 Å². The van der Waals surface area contributed by atoms with Crippen LogP contribution >= 0.6 is 0 Å². The second-order valence-corrected chi connectivity index (χ2v) is 3.88. The van der Waals surface area contributed by atoms with Crippen LogP contribution in [0.25, 0.3) is 0 Å². The van der Waals surface area contributed by atoms with E-state index >= 15 is 0 Å². The van der Waals surface area contributed by atoms with E-state index in [1.807, 2.05) is 6.21 Å². The van der Waals surface area contributed by atoms with Crippen molar-refractivity contribution in [2.24, 2.45) is 4.99 Å². The molecule has 0 radical (unpaired) electrons. The van der Waals surface area contributed by atoms with E-state index in [0.717, 1.165) is 37.1 Å². The van der Waals surface area contributed by atoms with Crippen molar-refractivity contribution in [3.05, 3.63) is 11.5 Å². The van der Waals surface area contributed by atoms with Gasteiger partial charge in [0.1, 0.15) is 13.2 Å². The van der Waals surface area contributed by atoms with Crippen molar-refractivity contribution in [2.45, 2.75) is 13.3 Å². The minimum absolute atomic E-state index is 0.858. The monoisotopic (exact) mass is 181 g/mol. The fourth-order valence-electron chi connectivity index (χ4n) is 1.92. The Morgan fingerprint density at radius 3 is 3.23 bits per heavy atom. The van der Waals surface area contributed by atoms with Crippen molar-refractivity contribution in [3.63, 3.8) is 0 Å². The number of dihydropyridines is 1. The molecule has 13 heavy (non-hydrogen) atoms. The Bertz CT molecular complexity index is 270. The smallest absolute Gasteiger partial charge is 0.188 e. The molecule has 0 aromatic rings. The van der Waals surface area contributed by atoms with Gasteiger partial charge in [-0.1, -0.05) is 0 Å². The predicted molar refractivity (Wildman–Crippen MR) is 52.5 cm³/mol. The van der Waals surface area contributed by atoms with Gasteiger partial charge in [-0.3, -0.25) is 9.48 Å². The molecule has 0 aromatic carbocycles. The van der Waals surface area contributed by atoms with Crippen LogP contribution in [0.15, 0.2) is 16.4 Å². The van der Waals surface area contributed by atoms with E-state index in [2.05, 4.69) is 19.0 Å². The molecule has 0 bridgehead atoms. The maximum absolute atomic E-state index is 5.65. The summed E-state index contributed by atoms with van der Waals surface area (Å²) in [4.78, 5) is 4.33. The minimum atomic E-state index is 0.858. The largest absolute Gasteiger partial charge is 0.486 e. The van der Waals surface area contributed by atoms with E-state index in [1.165, 1.54) is 11.5 Å². The minimum Gasteiger partial charge on any atom is -0.486 e. The lowest BCUT2D eigenvalue weighted by atomic mass is 10.1. The summed E-state index contributed by atoms with van der Waals surface area (Å²) in [6.07, 6.45) is 2.99. The summed E-state index contributed by atoms with van der Waals surface area (Å²) in [7, 11) is 2.26. The first-order valence-electron chi connectivity index (χ1n) is 4.97. The maximum atomic E-state index is 5.65. The van der Waals surface area contributed by atoms with Crippen LogP contribution in [-0.2, 0) is 4.74 Å². The highest BCUT2D eigenvalue weighted by Gasteiger charge is 2.33. The third-order valence-electron chi connectivity index (χ3n) is 3.11. The van der Waals surface area contributed by atoms with Crippen LogP contribution in [0, 0.1) is 0 Å². The van der Waals surface area contributed by atoms with Crippen LogP contribution < -0.4 is 0 Å². The molecule has 0 saturated carbocycles. The number of hydrogen-bond donors (Lipinski definition) is 0. The zero-order chi connectivity index (χ0) is 9.31. The van der Waals surface area contributed by atoms with Crippen LogP contribution in [0.3, 0.4) is 0 Å². The standard InChI is InChI=1S/C10H17N2O/c1-3-12(2)6-7-13-10-4-5-11-8-9(10)12/h8H,3-7H2,1-2H3/q+1. The molecule has 0 N–H and O–H groups in total. The van der Waals surface area contributed by atoms with Crippen molar-refractivity contribution in [1.29, 1.82) is 0 Å². The number of nitrogens with zero attached hydrogens (tertiary/aromatic N) is 2. The molecule has 1 atom stereocenters. The summed E-state index contributed by atoms with van der Waals surface area (Å²) in [5.41, 5.74) is 1.29. The first kappa shape index (κ1) is 8.75.